The molecule has 0 bridgehead atoms. The van der Waals surface area contributed by atoms with Gasteiger partial charge >= 0.3 is 0 Å². The van der Waals surface area contributed by atoms with Gasteiger partial charge in [0.2, 0.25) is 15.9 Å². The van der Waals surface area contributed by atoms with Gasteiger partial charge in [0, 0.05) is 19.8 Å². The molecule has 0 aliphatic heterocycles. The van der Waals surface area contributed by atoms with Crippen LogP contribution < -0.4 is 5.32 Å². The van der Waals surface area contributed by atoms with E-state index in [2.05, 4.69) is 5.32 Å². The van der Waals surface area contributed by atoms with Crippen LogP contribution in [0, 0.1) is 12.7 Å². The summed E-state index contributed by atoms with van der Waals surface area (Å²) < 4.78 is 38.6. The Morgan fingerprint density at radius 1 is 1.17 bits per heavy atom. The van der Waals surface area contributed by atoms with E-state index in [1.165, 1.54) is 44.4 Å². The number of carbonyl (C=O) groups is 1. The number of amides is 1. The summed E-state index contributed by atoms with van der Waals surface area (Å²) in [4.78, 5) is 12.2. The van der Waals surface area contributed by atoms with Crippen molar-refractivity contribution < 1.29 is 17.6 Å². The number of carbonyl (C=O) groups excluding carboxylic acids is 1. The SMILES string of the molecule is Cc1ccc(S(=O)(=O)N(C)C)cc1NC(=O)Cc1cccc(F)c1. The molecule has 0 radical (unpaired) electrons. The average molecular weight is 350 g/mol. The third kappa shape index (κ3) is 4.18. The third-order valence-corrected chi connectivity index (χ3v) is 5.33. The highest BCUT2D eigenvalue weighted by atomic mass is 32.2. The van der Waals surface area contributed by atoms with Crippen LogP contribution in [0.3, 0.4) is 0 Å². The fraction of sp³-hybridized carbons (Fsp3) is 0.235. The molecule has 0 aliphatic rings. The molecule has 0 aromatic heterocycles. The van der Waals surface area contributed by atoms with Crippen LogP contribution in [0.4, 0.5) is 10.1 Å². The van der Waals surface area contributed by atoms with E-state index in [0.29, 0.717) is 11.3 Å². The van der Waals surface area contributed by atoms with Gasteiger partial charge in [-0.1, -0.05) is 18.2 Å². The van der Waals surface area contributed by atoms with E-state index in [4.69, 9.17) is 0 Å². The first-order chi connectivity index (χ1) is 11.2. The van der Waals surface area contributed by atoms with Crippen LogP contribution in [0.1, 0.15) is 11.1 Å². The summed E-state index contributed by atoms with van der Waals surface area (Å²) in [5.74, 6) is -0.751. The Morgan fingerprint density at radius 3 is 2.50 bits per heavy atom. The highest BCUT2D eigenvalue weighted by Crippen LogP contribution is 2.22. The van der Waals surface area contributed by atoms with Gasteiger partial charge in [0.15, 0.2) is 0 Å². The summed E-state index contributed by atoms with van der Waals surface area (Å²) in [6.07, 6.45) is 0.00184. The molecule has 2 aromatic carbocycles. The predicted octanol–water partition coefficient (Wildman–Crippen LogP) is 2.57. The van der Waals surface area contributed by atoms with E-state index >= 15 is 0 Å². The summed E-state index contributed by atoms with van der Waals surface area (Å²) in [5, 5.41) is 2.69. The fourth-order valence-corrected chi connectivity index (χ4v) is 3.06. The lowest BCUT2D eigenvalue weighted by Gasteiger charge is -2.14. The van der Waals surface area contributed by atoms with Gasteiger partial charge in [-0.2, -0.15) is 0 Å². The first-order valence-corrected chi connectivity index (χ1v) is 8.71. The smallest absolute Gasteiger partial charge is 0.242 e. The van der Waals surface area contributed by atoms with Crippen molar-refractivity contribution in [1.82, 2.24) is 4.31 Å². The largest absolute Gasteiger partial charge is 0.326 e. The maximum atomic E-state index is 13.2. The molecule has 2 rings (SSSR count). The van der Waals surface area contributed by atoms with Crippen LogP contribution in [0.2, 0.25) is 0 Å². The molecule has 0 saturated carbocycles. The molecular weight excluding hydrogens is 331 g/mol. The summed E-state index contributed by atoms with van der Waals surface area (Å²) >= 11 is 0. The molecule has 1 N–H and O–H groups in total. The maximum absolute atomic E-state index is 13.2. The number of nitrogens with one attached hydrogen (secondary N) is 1. The molecule has 0 aliphatic carbocycles. The zero-order valence-corrected chi connectivity index (χ0v) is 14.5. The van der Waals surface area contributed by atoms with Crippen LogP contribution >= 0.6 is 0 Å². The van der Waals surface area contributed by atoms with E-state index in [9.17, 15) is 17.6 Å². The molecule has 0 unspecified atom stereocenters. The van der Waals surface area contributed by atoms with Crippen molar-refractivity contribution in [3.05, 3.63) is 59.4 Å². The molecule has 0 spiro atoms. The van der Waals surface area contributed by atoms with E-state index in [0.717, 1.165) is 9.87 Å². The Kier molecular flexibility index (Phi) is 5.36. The fourth-order valence-electron chi connectivity index (χ4n) is 2.13. The third-order valence-electron chi connectivity index (χ3n) is 3.52. The van der Waals surface area contributed by atoms with Crippen LogP contribution in [-0.4, -0.2) is 32.7 Å². The number of nitrogens with zero attached hydrogens (tertiary/aromatic N) is 1. The summed E-state index contributed by atoms with van der Waals surface area (Å²) in [6, 6.07) is 10.3. The molecule has 128 valence electrons. The minimum absolute atomic E-state index is 0.00184. The first kappa shape index (κ1) is 18.1. The zero-order chi connectivity index (χ0) is 17.9. The van der Waals surface area contributed by atoms with Crippen molar-refractivity contribution in [1.29, 1.82) is 0 Å². The number of hydrogen-bond donors (Lipinski definition) is 1. The van der Waals surface area contributed by atoms with E-state index < -0.39 is 15.8 Å². The molecule has 0 atom stereocenters. The summed E-state index contributed by atoms with van der Waals surface area (Å²) in [6.45, 7) is 1.77. The molecule has 24 heavy (non-hydrogen) atoms. The number of hydrogen-bond acceptors (Lipinski definition) is 3. The Balaban J connectivity index is 2.21. The van der Waals surface area contributed by atoms with Crippen LogP contribution in [-0.2, 0) is 21.2 Å². The van der Waals surface area contributed by atoms with Gasteiger partial charge < -0.3 is 5.32 Å². The zero-order valence-electron chi connectivity index (χ0n) is 13.7. The minimum atomic E-state index is -3.58. The average Bonchev–Trinajstić information content (AvgIpc) is 2.49. The Hall–Kier alpha value is -2.25. The number of aryl methyl sites for hydroxylation is 1. The van der Waals surface area contributed by atoms with Crippen molar-refractivity contribution in [2.24, 2.45) is 0 Å². The molecule has 0 heterocycles. The lowest BCUT2D eigenvalue weighted by Crippen LogP contribution is -2.22. The van der Waals surface area contributed by atoms with Crippen molar-refractivity contribution in [3.63, 3.8) is 0 Å². The lowest BCUT2D eigenvalue weighted by atomic mass is 10.1. The predicted molar refractivity (Wildman–Crippen MR) is 90.8 cm³/mol. The molecule has 1 amide bonds. The van der Waals surface area contributed by atoms with Crippen molar-refractivity contribution in [2.75, 3.05) is 19.4 Å². The molecule has 0 saturated heterocycles. The number of rotatable bonds is 5. The molecular formula is C17H19FN2O3S. The normalized spacial score (nSPS) is 11.5. The molecule has 0 fully saturated rings. The van der Waals surface area contributed by atoms with E-state index in [-0.39, 0.29) is 17.2 Å². The molecule has 7 heteroatoms. The molecule has 2 aromatic rings. The Labute approximate surface area is 141 Å². The topological polar surface area (TPSA) is 66.5 Å². The second-order valence-corrected chi connectivity index (χ2v) is 7.77. The van der Waals surface area contributed by atoms with Crippen molar-refractivity contribution in [2.45, 2.75) is 18.2 Å². The number of halogens is 1. The summed E-state index contributed by atoms with van der Waals surface area (Å²) in [5.41, 5.74) is 1.70. The Morgan fingerprint density at radius 2 is 1.88 bits per heavy atom. The quantitative estimate of drug-likeness (QED) is 0.901. The van der Waals surface area contributed by atoms with Crippen molar-refractivity contribution >= 4 is 21.6 Å². The Bertz CT molecular complexity index is 864. The highest BCUT2D eigenvalue weighted by Gasteiger charge is 2.18. The van der Waals surface area contributed by atoms with E-state index in [1.807, 2.05) is 0 Å². The number of benzene rings is 2. The van der Waals surface area contributed by atoms with Gasteiger partial charge in [-0.3, -0.25) is 4.79 Å². The second kappa shape index (κ2) is 7.11. The minimum Gasteiger partial charge on any atom is -0.326 e. The van der Waals surface area contributed by atoms with Gasteiger partial charge in [-0.25, -0.2) is 17.1 Å². The number of sulfonamides is 1. The van der Waals surface area contributed by atoms with Gasteiger partial charge in [0.25, 0.3) is 0 Å². The maximum Gasteiger partial charge on any atom is 0.242 e. The highest BCUT2D eigenvalue weighted by molar-refractivity contribution is 7.89. The van der Waals surface area contributed by atoms with Crippen LogP contribution in [0.5, 0.6) is 0 Å². The molecule has 5 nitrogen and oxygen atoms in total. The van der Waals surface area contributed by atoms with Crippen LogP contribution in [0.25, 0.3) is 0 Å². The standard InChI is InChI=1S/C17H19FN2O3S/c1-12-7-8-15(24(22,23)20(2)3)11-16(12)19-17(21)10-13-5-4-6-14(18)9-13/h4-9,11H,10H2,1-3H3,(H,19,21). The lowest BCUT2D eigenvalue weighted by molar-refractivity contribution is -0.115. The van der Waals surface area contributed by atoms with E-state index in [1.54, 1.807) is 19.1 Å². The summed E-state index contributed by atoms with van der Waals surface area (Å²) in [7, 11) is -0.700. The second-order valence-electron chi connectivity index (χ2n) is 5.62. The van der Waals surface area contributed by atoms with Gasteiger partial charge in [0.05, 0.1) is 11.3 Å². The number of anilines is 1. The van der Waals surface area contributed by atoms with Gasteiger partial charge in [-0.15, -0.1) is 0 Å². The first-order valence-electron chi connectivity index (χ1n) is 7.27. The van der Waals surface area contributed by atoms with Crippen molar-refractivity contribution in [3.8, 4) is 0 Å². The van der Waals surface area contributed by atoms with Gasteiger partial charge in [0.1, 0.15) is 5.82 Å². The van der Waals surface area contributed by atoms with Gasteiger partial charge in [-0.05, 0) is 42.3 Å². The monoisotopic (exact) mass is 350 g/mol. The van der Waals surface area contributed by atoms with Crippen LogP contribution in [0.15, 0.2) is 47.4 Å².